The summed E-state index contributed by atoms with van der Waals surface area (Å²) in [5.74, 6) is 3.01. The molecule has 6 heteroatoms. The van der Waals surface area contributed by atoms with Gasteiger partial charge in [0.25, 0.3) is 0 Å². The van der Waals surface area contributed by atoms with Gasteiger partial charge in [0.2, 0.25) is 6.79 Å². The van der Waals surface area contributed by atoms with Crippen LogP contribution in [0.1, 0.15) is 35.2 Å². The van der Waals surface area contributed by atoms with Crippen LogP contribution in [0.2, 0.25) is 0 Å². The lowest BCUT2D eigenvalue weighted by atomic mass is 9.83. The highest BCUT2D eigenvalue weighted by molar-refractivity contribution is 5.55. The smallest absolute Gasteiger partial charge is 0.231 e. The van der Waals surface area contributed by atoms with E-state index in [2.05, 4.69) is 23.1 Å². The minimum absolute atomic E-state index is 0.301. The Balaban J connectivity index is 1.55. The first-order chi connectivity index (χ1) is 13.1. The molecule has 0 aromatic heterocycles. The molecule has 2 aromatic carbocycles. The predicted octanol–water partition coefficient (Wildman–Crippen LogP) is 2.80. The van der Waals surface area contributed by atoms with E-state index in [0.29, 0.717) is 24.3 Å². The summed E-state index contributed by atoms with van der Waals surface area (Å²) in [4.78, 5) is 2.47. The van der Waals surface area contributed by atoms with Gasteiger partial charge in [0.05, 0.1) is 7.11 Å². The first-order valence-corrected chi connectivity index (χ1v) is 9.34. The molecule has 2 aromatic rings. The van der Waals surface area contributed by atoms with Gasteiger partial charge in [-0.3, -0.25) is 4.90 Å². The molecule has 1 N–H and O–H groups in total. The Morgan fingerprint density at radius 3 is 2.78 bits per heavy atom. The summed E-state index contributed by atoms with van der Waals surface area (Å²) in [5.41, 5.74) is 5.01. The summed E-state index contributed by atoms with van der Waals surface area (Å²) < 4.78 is 22.3. The van der Waals surface area contributed by atoms with Crippen LogP contribution < -0.4 is 18.9 Å². The van der Waals surface area contributed by atoms with Crippen molar-refractivity contribution >= 4 is 0 Å². The van der Waals surface area contributed by atoms with Gasteiger partial charge < -0.3 is 24.1 Å². The van der Waals surface area contributed by atoms with Crippen molar-refractivity contribution in [3.05, 3.63) is 46.5 Å². The fraction of sp³-hybridized carbons (Fsp3) is 0.429. The van der Waals surface area contributed by atoms with Crippen LogP contribution in [0.25, 0.3) is 0 Å². The monoisotopic (exact) mass is 369 g/mol. The lowest BCUT2D eigenvalue weighted by Gasteiger charge is -2.42. The lowest BCUT2D eigenvalue weighted by Crippen LogP contribution is -2.39. The number of ether oxygens (including phenoxy) is 4. The number of nitrogens with zero attached hydrogens (tertiary/aromatic N) is 1. The molecular formula is C21H23NO5. The third kappa shape index (κ3) is 2.71. The number of aliphatic hydroxyl groups is 1. The Labute approximate surface area is 158 Å². The van der Waals surface area contributed by atoms with Crippen molar-refractivity contribution in [2.75, 3.05) is 20.4 Å². The Bertz CT molecular complexity index is 895. The van der Waals surface area contributed by atoms with E-state index in [9.17, 15) is 5.11 Å². The average molecular weight is 369 g/mol. The van der Waals surface area contributed by atoms with E-state index in [4.69, 9.17) is 18.9 Å². The number of hydrogen-bond acceptors (Lipinski definition) is 6. The van der Waals surface area contributed by atoms with E-state index in [1.54, 1.807) is 14.0 Å². The molecule has 3 aliphatic heterocycles. The number of hydrogen-bond donors (Lipinski definition) is 1. The molecule has 0 saturated carbocycles. The van der Waals surface area contributed by atoms with Crippen LogP contribution in [0.5, 0.6) is 23.0 Å². The number of methoxy groups -OCH3 is 1. The molecule has 0 spiro atoms. The molecule has 0 fully saturated rings. The van der Waals surface area contributed by atoms with E-state index in [-0.39, 0.29) is 0 Å². The van der Waals surface area contributed by atoms with Crippen molar-refractivity contribution in [2.24, 2.45) is 0 Å². The average Bonchev–Trinajstić information content (AvgIpc) is 3.12. The second-order valence-corrected chi connectivity index (χ2v) is 7.30. The third-order valence-electron chi connectivity index (χ3n) is 5.71. The maximum atomic E-state index is 9.76. The maximum absolute atomic E-state index is 9.76. The number of rotatable bonds is 3. The van der Waals surface area contributed by atoms with Crippen LogP contribution in [0.3, 0.4) is 0 Å². The molecule has 0 aliphatic carbocycles. The van der Waals surface area contributed by atoms with Gasteiger partial charge in [-0.15, -0.1) is 0 Å². The standard InChI is InChI=1S/C21H23NO5/c1-12(23)27-21-16-10-22-6-5-14-8-19-20(26-11-25-19)9-15(14)17(22)7-13(16)3-4-18(21)24-2/h3-4,8-9,12,17,23H,5-7,10-11H2,1-2H3. The van der Waals surface area contributed by atoms with Gasteiger partial charge in [-0.05, 0) is 54.7 Å². The Hall–Kier alpha value is -2.44. The zero-order valence-corrected chi connectivity index (χ0v) is 15.5. The number of aliphatic hydroxyl groups excluding tert-OH is 1. The minimum atomic E-state index is -0.884. The van der Waals surface area contributed by atoms with Crippen LogP contribution in [-0.2, 0) is 19.4 Å². The van der Waals surface area contributed by atoms with Crippen molar-refractivity contribution in [1.29, 1.82) is 0 Å². The van der Waals surface area contributed by atoms with Gasteiger partial charge in [0.15, 0.2) is 29.3 Å². The largest absolute Gasteiger partial charge is 0.493 e. The predicted molar refractivity (Wildman–Crippen MR) is 98.4 cm³/mol. The van der Waals surface area contributed by atoms with E-state index in [0.717, 1.165) is 43.0 Å². The maximum Gasteiger partial charge on any atom is 0.231 e. The first-order valence-electron chi connectivity index (χ1n) is 9.34. The molecule has 0 saturated heterocycles. The molecule has 0 radical (unpaired) electrons. The highest BCUT2D eigenvalue weighted by Gasteiger charge is 2.35. The highest BCUT2D eigenvalue weighted by atomic mass is 16.7. The topological polar surface area (TPSA) is 60.4 Å². The van der Waals surface area contributed by atoms with Crippen LogP contribution in [-0.4, -0.2) is 36.7 Å². The van der Waals surface area contributed by atoms with Crippen molar-refractivity contribution in [1.82, 2.24) is 4.90 Å². The van der Waals surface area contributed by atoms with Crippen LogP contribution in [0.4, 0.5) is 0 Å². The van der Waals surface area contributed by atoms with Gasteiger partial charge in [-0.2, -0.15) is 0 Å². The molecule has 6 nitrogen and oxygen atoms in total. The van der Waals surface area contributed by atoms with E-state index in [1.165, 1.54) is 16.7 Å². The van der Waals surface area contributed by atoms with Gasteiger partial charge in [-0.1, -0.05) is 6.07 Å². The zero-order chi connectivity index (χ0) is 18.5. The SMILES string of the molecule is COc1ccc2c(c1OC(C)O)CN1CCc3cc4c(cc3C1C2)OCO4. The highest BCUT2D eigenvalue weighted by Crippen LogP contribution is 2.46. The van der Waals surface area contributed by atoms with Crippen molar-refractivity contribution in [2.45, 2.75) is 38.6 Å². The molecule has 0 amide bonds. The second kappa shape index (κ2) is 6.32. The summed E-state index contributed by atoms with van der Waals surface area (Å²) >= 11 is 0. The van der Waals surface area contributed by atoms with Gasteiger partial charge in [0, 0.05) is 24.7 Å². The quantitative estimate of drug-likeness (QED) is 0.840. The Morgan fingerprint density at radius 1 is 1.19 bits per heavy atom. The summed E-state index contributed by atoms with van der Waals surface area (Å²) in [5, 5.41) is 9.76. The molecule has 0 bridgehead atoms. The number of fused-ring (bicyclic) bond motifs is 5. The lowest BCUT2D eigenvalue weighted by molar-refractivity contribution is -0.00403. The Morgan fingerprint density at radius 2 is 2.00 bits per heavy atom. The van der Waals surface area contributed by atoms with Gasteiger partial charge in [0.1, 0.15) is 0 Å². The summed E-state index contributed by atoms with van der Waals surface area (Å²) in [6.07, 6.45) is 0.987. The molecule has 3 aliphatic rings. The molecule has 3 heterocycles. The summed E-state index contributed by atoms with van der Waals surface area (Å²) in [7, 11) is 1.63. The molecule has 5 rings (SSSR count). The molecule has 142 valence electrons. The minimum Gasteiger partial charge on any atom is -0.493 e. The molecular weight excluding hydrogens is 346 g/mol. The molecule has 2 atom stereocenters. The Kier molecular flexibility index (Phi) is 3.91. The van der Waals surface area contributed by atoms with E-state index >= 15 is 0 Å². The first kappa shape index (κ1) is 16.7. The van der Waals surface area contributed by atoms with Crippen LogP contribution >= 0.6 is 0 Å². The number of benzene rings is 2. The van der Waals surface area contributed by atoms with E-state index < -0.39 is 6.29 Å². The summed E-state index contributed by atoms with van der Waals surface area (Å²) in [6.45, 7) is 3.66. The fourth-order valence-corrected chi connectivity index (χ4v) is 4.45. The second-order valence-electron chi connectivity index (χ2n) is 7.30. The fourth-order valence-electron chi connectivity index (χ4n) is 4.45. The van der Waals surface area contributed by atoms with Crippen LogP contribution in [0, 0.1) is 0 Å². The van der Waals surface area contributed by atoms with Gasteiger partial charge >= 0.3 is 0 Å². The van der Waals surface area contributed by atoms with Crippen molar-refractivity contribution in [3.8, 4) is 23.0 Å². The van der Waals surface area contributed by atoms with Crippen molar-refractivity contribution in [3.63, 3.8) is 0 Å². The van der Waals surface area contributed by atoms with E-state index in [1.807, 2.05) is 6.07 Å². The third-order valence-corrected chi connectivity index (χ3v) is 5.71. The molecule has 27 heavy (non-hydrogen) atoms. The van der Waals surface area contributed by atoms with Gasteiger partial charge in [-0.25, -0.2) is 0 Å². The van der Waals surface area contributed by atoms with Crippen LogP contribution in [0.15, 0.2) is 24.3 Å². The zero-order valence-electron chi connectivity index (χ0n) is 15.5. The molecule has 2 unspecified atom stereocenters. The normalized spacial score (nSPS) is 21.1. The van der Waals surface area contributed by atoms with Crippen molar-refractivity contribution < 1.29 is 24.1 Å². The summed E-state index contributed by atoms with van der Waals surface area (Å²) in [6, 6.07) is 8.64.